The summed E-state index contributed by atoms with van der Waals surface area (Å²) in [5.74, 6) is 2.81. The fourth-order valence-corrected chi connectivity index (χ4v) is 7.07. The van der Waals surface area contributed by atoms with Gasteiger partial charge in [-0.25, -0.2) is 0 Å². The van der Waals surface area contributed by atoms with Crippen LogP contribution in [0.1, 0.15) is 69.4 Å². The van der Waals surface area contributed by atoms with Crippen molar-refractivity contribution in [3.05, 3.63) is 29.3 Å². The van der Waals surface area contributed by atoms with Gasteiger partial charge in [0.2, 0.25) is 0 Å². The number of carbonyl (C=O) groups excluding carboxylic acids is 1. The van der Waals surface area contributed by atoms with E-state index < -0.39 is 0 Å². The predicted molar refractivity (Wildman–Crippen MR) is 107 cm³/mol. The molecule has 3 aliphatic carbocycles. The first-order valence-corrected chi connectivity index (χ1v) is 11.2. The van der Waals surface area contributed by atoms with E-state index in [0.29, 0.717) is 35.8 Å². The number of benzene rings is 1. The molecule has 1 saturated heterocycles. The standard InChI is InChI=1S/C24H33NO2/c1-2-4-18-11-20(27)14-24-9-10-25(15-16-5-3-6-16)22(23(18)24)12-17-7-8-19(26)13-21(17)24/h7-8,13,16,18,22-23,26H,2-6,9-12,14-15H2,1H3/t18-,22-,23+,24-/m1/s1. The lowest BCUT2D eigenvalue weighted by Gasteiger charge is -2.61. The second-order valence-corrected chi connectivity index (χ2v) is 9.81. The first-order chi connectivity index (χ1) is 13.1. The molecular formula is C24H33NO2. The molecule has 2 bridgehead atoms. The van der Waals surface area contributed by atoms with Crippen molar-refractivity contribution in [2.75, 3.05) is 13.1 Å². The molecule has 4 atom stereocenters. The Bertz CT molecular complexity index is 740. The van der Waals surface area contributed by atoms with Gasteiger partial charge in [-0.2, -0.15) is 0 Å². The summed E-state index contributed by atoms with van der Waals surface area (Å²) in [5.41, 5.74) is 2.67. The first-order valence-electron chi connectivity index (χ1n) is 11.2. The van der Waals surface area contributed by atoms with Crippen molar-refractivity contribution in [2.24, 2.45) is 17.8 Å². The fraction of sp³-hybridized carbons (Fsp3) is 0.708. The van der Waals surface area contributed by atoms with Crippen molar-refractivity contribution >= 4 is 5.78 Å². The second kappa shape index (κ2) is 6.62. The number of hydrogen-bond acceptors (Lipinski definition) is 3. The normalized spacial score (nSPS) is 36.0. The molecule has 1 aromatic rings. The lowest BCUT2D eigenvalue weighted by molar-refractivity contribution is -0.132. The summed E-state index contributed by atoms with van der Waals surface area (Å²) in [6.07, 6.45) is 10.2. The number of nitrogens with zero attached hydrogens (tertiary/aromatic N) is 1. The summed E-state index contributed by atoms with van der Waals surface area (Å²) in [6, 6.07) is 6.56. The van der Waals surface area contributed by atoms with E-state index in [9.17, 15) is 9.90 Å². The topological polar surface area (TPSA) is 40.5 Å². The summed E-state index contributed by atoms with van der Waals surface area (Å²) < 4.78 is 0. The summed E-state index contributed by atoms with van der Waals surface area (Å²) in [6.45, 7) is 4.65. The molecule has 1 aromatic carbocycles. The number of likely N-dealkylation sites (tertiary alicyclic amines) is 1. The van der Waals surface area contributed by atoms with Gasteiger partial charge in [-0.3, -0.25) is 9.69 Å². The number of carbonyl (C=O) groups is 1. The molecule has 1 aliphatic heterocycles. The number of piperidine rings is 1. The van der Waals surface area contributed by atoms with Crippen LogP contribution in [0.4, 0.5) is 0 Å². The highest BCUT2D eigenvalue weighted by Crippen LogP contribution is 2.58. The van der Waals surface area contributed by atoms with Crippen molar-refractivity contribution in [3.63, 3.8) is 0 Å². The van der Waals surface area contributed by atoms with Gasteiger partial charge in [-0.05, 0) is 79.7 Å². The molecule has 27 heavy (non-hydrogen) atoms. The zero-order valence-corrected chi connectivity index (χ0v) is 16.6. The first kappa shape index (κ1) is 17.7. The third-order valence-electron chi connectivity index (χ3n) is 8.31. The van der Waals surface area contributed by atoms with Crippen LogP contribution in [-0.2, 0) is 16.6 Å². The number of rotatable bonds is 4. The minimum absolute atomic E-state index is 0.0255. The molecule has 0 spiro atoms. The van der Waals surface area contributed by atoms with Gasteiger partial charge in [-0.15, -0.1) is 0 Å². The molecule has 146 valence electrons. The van der Waals surface area contributed by atoms with Gasteiger partial charge in [0.25, 0.3) is 0 Å². The highest BCUT2D eigenvalue weighted by atomic mass is 16.3. The van der Waals surface area contributed by atoms with Crippen LogP contribution in [-0.4, -0.2) is 34.9 Å². The number of Topliss-reactive ketones (excluding diaryl/α,β-unsaturated/α-hetero) is 1. The van der Waals surface area contributed by atoms with E-state index in [1.165, 1.54) is 43.4 Å². The quantitative estimate of drug-likeness (QED) is 0.854. The highest BCUT2D eigenvalue weighted by Gasteiger charge is 2.58. The van der Waals surface area contributed by atoms with Crippen molar-refractivity contribution in [2.45, 2.75) is 76.2 Å². The van der Waals surface area contributed by atoms with Gasteiger partial charge in [-0.1, -0.05) is 25.8 Å². The summed E-state index contributed by atoms with van der Waals surface area (Å²) >= 11 is 0. The molecular weight excluding hydrogens is 334 g/mol. The van der Waals surface area contributed by atoms with Crippen LogP contribution in [0.25, 0.3) is 0 Å². The van der Waals surface area contributed by atoms with E-state index in [1.807, 2.05) is 12.1 Å². The second-order valence-electron chi connectivity index (χ2n) is 9.81. The van der Waals surface area contributed by atoms with E-state index in [0.717, 1.165) is 38.1 Å². The van der Waals surface area contributed by atoms with Gasteiger partial charge in [0.15, 0.2) is 0 Å². The zero-order valence-electron chi connectivity index (χ0n) is 16.6. The molecule has 3 fully saturated rings. The maximum atomic E-state index is 12.8. The molecule has 3 heteroatoms. The van der Waals surface area contributed by atoms with Crippen LogP contribution in [0.15, 0.2) is 18.2 Å². The van der Waals surface area contributed by atoms with Crippen LogP contribution < -0.4 is 0 Å². The van der Waals surface area contributed by atoms with Crippen molar-refractivity contribution in [1.29, 1.82) is 0 Å². The summed E-state index contributed by atoms with van der Waals surface area (Å²) in [7, 11) is 0. The molecule has 4 aliphatic rings. The minimum atomic E-state index is -0.0255. The maximum Gasteiger partial charge on any atom is 0.134 e. The Morgan fingerprint density at radius 1 is 1.26 bits per heavy atom. The van der Waals surface area contributed by atoms with E-state index in [-0.39, 0.29) is 5.41 Å². The monoisotopic (exact) mass is 367 g/mol. The Morgan fingerprint density at radius 3 is 2.85 bits per heavy atom. The van der Waals surface area contributed by atoms with Crippen LogP contribution >= 0.6 is 0 Å². The van der Waals surface area contributed by atoms with Crippen LogP contribution in [0.2, 0.25) is 0 Å². The van der Waals surface area contributed by atoms with Crippen molar-refractivity contribution in [3.8, 4) is 5.75 Å². The van der Waals surface area contributed by atoms with E-state index in [4.69, 9.17) is 0 Å². The lowest BCUT2D eigenvalue weighted by Crippen LogP contribution is -2.65. The number of phenols is 1. The number of fused-ring (bicyclic) bond motifs is 1. The molecule has 0 radical (unpaired) electrons. The third-order valence-corrected chi connectivity index (χ3v) is 8.31. The van der Waals surface area contributed by atoms with Crippen LogP contribution in [0.5, 0.6) is 5.75 Å². The average molecular weight is 368 g/mol. The average Bonchev–Trinajstić information content (AvgIpc) is 2.60. The van der Waals surface area contributed by atoms with Crippen molar-refractivity contribution in [1.82, 2.24) is 4.90 Å². The van der Waals surface area contributed by atoms with Crippen molar-refractivity contribution < 1.29 is 9.90 Å². The zero-order chi connectivity index (χ0) is 18.6. The van der Waals surface area contributed by atoms with Gasteiger partial charge < -0.3 is 5.11 Å². The molecule has 3 nitrogen and oxygen atoms in total. The summed E-state index contributed by atoms with van der Waals surface area (Å²) in [5, 5.41) is 10.2. The maximum absolute atomic E-state index is 12.8. The SMILES string of the molecule is CCC[C@@H]1CC(=O)C[C@]23CCN(CC4CCC4)[C@H](Cc4ccc(O)cc42)[C@H]13. The Morgan fingerprint density at radius 2 is 2.11 bits per heavy atom. The molecule has 0 unspecified atom stereocenters. The fourth-order valence-electron chi connectivity index (χ4n) is 7.07. The number of ketones is 1. The molecule has 0 amide bonds. The van der Waals surface area contributed by atoms with Gasteiger partial charge in [0, 0.05) is 30.8 Å². The van der Waals surface area contributed by atoms with E-state index in [2.05, 4.69) is 17.9 Å². The number of hydrogen-bond donors (Lipinski definition) is 1. The Balaban J connectivity index is 1.59. The van der Waals surface area contributed by atoms with Crippen LogP contribution in [0, 0.1) is 17.8 Å². The molecule has 0 aromatic heterocycles. The lowest BCUT2D eigenvalue weighted by atomic mass is 9.48. The molecule has 1 N–H and O–H groups in total. The summed E-state index contributed by atoms with van der Waals surface area (Å²) in [4.78, 5) is 15.6. The Labute approximate surface area is 163 Å². The van der Waals surface area contributed by atoms with E-state index >= 15 is 0 Å². The number of phenolic OH excluding ortho intramolecular Hbond substituents is 1. The highest BCUT2D eigenvalue weighted by molar-refractivity contribution is 5.82. The third kappa shape index (κ3) is 2.76. The minimum Gasteiger partial charge on any atom is -0.508 e. The molecule has 2 saturated carbocycles. The Hall–Kier alpha value is -1.35. The van der Waals surface area contributed by atoms with Gasteiger partial charge in [0.05, 0.1) is 0 Å². The number of aromatic hydroxyl groups is 1. The smallest absolute Gasteiger partial charge is 0.134 e. The van der Waals surface area contributed by atoms with Gasteiger partial charge in [0.1, 0.15) is 11.5 Å². The molecule has 1 heterocycles. The van der Waals surface area contributed by atoms with E-state index in [1.54, 1.807) is 0 Å². The molecule has 5 rings (SSSR count). The largest absolute Gasteiger partial charge is 0.508 e. The Kier molecular flexibility index (Phi) is 4.34. The predicted octanol–water partition coefficient (Wildman–Crippen LogP) is 4.46. The van der Waals surface area contributed by atoms with Crippen LogP contribution in [0.3, 0.4) is 0 Å². The van der Waals surface area contributed by atoms with Gasteiger partial charge >= 0.3 is 0 Å².